The van der Waals surface area contributed by atoms with E-state index < -0.39 is 65.5 Å². The van der Waals surface area contributed by atoms with Gasteiger partial charge in [-0.1, -0.05) is 30.3 Å². The van der Waals surface area contributed by atoms with E-state index in [9.17, 15) is 48.3 Å². The molecule has 1 fully saturated rings. The topological polar surface area (TPSA) is 282 Å². The monoisotopic (exact) mass is 895 g/mol. The zero-order valence-electron chi connectivity index (χ0n) is 35.5. The van der Waals surface area contributed by atoms with E-state index in [4.69, 9.17) is 19.9 Å². The summed E-state index contributed by atoms with van der Waals surface area (Å²) in [5, 5.41) is 20.9. The number of amides is 8. The molecule has 342 valence electrons. The number of carbonyl (C=O) groups excluding carboxylic acids is 9. The van der Waals surface area contributed by atoms with Crippen LogP contribution >= 0.6 is 0 Å². The lowest BCUT2D eigenvalue weighted by molar-refractivity contribution is -0.136. The molecule has 8 amide bonds. The molecule has 3 aromatic rings. The van der Waals surface area contributed by atoms with Crippen LogP contribution in [0, 0.1) is 0 Å². The number of rotatable bonds is 21. The summed E-state index contributed by atoms with van der Waals surface area (Å²) < 4.78 is 16.4. The van der Waals surface area contributed by atoms with Crippen molar-refractivity contribution in [2.45, 2.75) is 44.2 Å². The van der Waals surface area contributed by atoms with Crippen LogP contribution in [0.2, 0.25) is 0 Å². The van der Waals surface area contributed by atoms with Crippen LogP contribution < -0.4 is 31.7 Å². The number of aromatic hydroxyl groups is 1. The largest absolute Gasteiger partial charge is 0.507 e. The summed E-state index contributed by atoms with van der Waals surface area (Å²) in [5.74, 6) is -5.72. The smallest absolute Gasteiger partial charge is 0.267 e. The molecule has 6 rings (SSSR count). The van der Waals surface area contributed by atoms with Gasteiger partial charge in [-0.05, 0) is 60.7 Å². The van der Waals surface area contributed by atoms with Gasteiger partial charge >= 0.3 is 0 Å². The molecule has 2 unspecified atom stereocenters. The van der Waals surface area contributed by atoms with Gasteiger partial charge in [-0.3, -0.25) is 53.4 Å². The van der Waals surface area contributed by atoms with Gasteiger partial charge < -0.3 is 45.9 Å². The third kappa shape index (κ3) is 11.8. The highest BCUT2D eigenvalue weighted by Crippen LogP contribution is 2.34. The number of benzene rings is 3. The van der Waals surface area contributed by atoms with Gasteiger partial charge in [0.25, 0.3) is 29.5 Å². The molecular weight excluding hydrogens is 847 g/mol. The van der Waals surface area contributed by atoms with Crippen molar-refractivity contribution in [2.24, 2.45) is 5.73 Å². The van der Waals surface area contributed by atoms with Gasteiger partial charge in [0.15, 0.2) is 12.4 Å². The molecule has 2 atom stereocenters. The van der Waals surface area contributed by atoms with Crippen LogP contribution in [0.25, 0.3) is 0 Å². The van der Waals surface area contributed by atoms with Crippen molar-refractivity contribution in [3.8, 4) is 11.5 Å². The molecule has 20 heteroatoms. The summed E-state index contributed by atoms with van der Waals surface area (Å²) in [6.45, 7) is 0.479. The van der Waals surface area contributed by atoms with Gasteiger partial charge in [-0.15, -0.1) is 0 Å². The van der Waals surface area contributed by atoms with E-state index in [-0.39, 0.29) is 111 Å². The Bertz CT molecular complexity index is 2420. The normalized spacial score (nSPS) is 16.6. The predicted molar refractivity (Wildman–Crippen MR) is 228 cm³/mol. The Morgan fingerprint density at radius 3 is 2.40 bits per heavy atom. The van der Waals surface area contributed by atoms with E-state index >= 15 is 0 Å². The van der Waals surface area contributed by atoms with Crippen molar-refractivity contribution < 1.29 is 62.5 Å². The van der Waals surface area contributed by atoms with E-state index in [2.05, 4.69) is 21.3 Å². The number of aryl methyl sites for hydroxylation is 1. The summed E-state index contributed by atoms with van der Waals surface area (Å²) in [4.78, 5) is 115. The number of piperidine rings is 1. The summed E-state index contributed by atoms with van der Waals surface area (Å²) in [6, 6.07) is 14.5. The number of nitrogens with zero attached hydrogens (tertiary/aromatic N) is 2. The fourth-order valence-electron chi connectivity index (χ4n) is 7.41. The maximum Gasteiger partial charge on any atom is 0.267 e. The molecule has 7 N–H and O–H groups in total. The number of ether oxygens (including phenoxy) is 3. The average Bonchev–Trinajstić information content (AvgIpc) is 3.81. The molecule has 0 radical (unpaired) electrons. The minimum Gasteiger partial charge on any atom is -0.507 e. The van der Waals surface area contributed by atoms with Gasteiger partial charge in [0.2, 0.25) is 17.7 Å². The molecule has 0 bridgehead atoms. The standard InChI is InChI=1S/C45H49N7O13/c1-51(43(60)29-11-9-27(23-35(29)54)34(53)24-31(46)41(58)49-32-12-10-26-5-2-3-6-28(26)32)18-16-47-37(55)15-19-63-21-22-64-20-17-48-39(57)25-65-36-8-4-7-30-40(36)45(62)52(44(30)61)33-13-14-38(56)50-42(33)59/h2-9,11,23-24,32-33,54H,10,12-22,25,46H2,1H3,(H,47,55)(H,48,57)(H,49,58)(H,50,56,59). The van der Waals surface area contributed by atoms with E-state index in [0.29, 0.717) is 0 Å². The second-order valence-corrected chi connectivity index (χ2v) is 15.3. The van der Waals surface area contributed by atoms with Crippen LogP contribution in [-0.2, 0) is 39.9 Å². The minimum atomic E-state index is -1.14. The van der Waals surface area contributed by atoms with Crippen LogP contribution in [-0.4, -0.2) is 134 Å². The zero-order valence-corrected chi connectivity index (χ0v) is 35.5. The number of nitrogens with two attached hydrogens (primary N) is 1. The van der Waals surface area contributed by atoms with Gasteiger partial charge in [0.05, 0.1) is 49.2 Å². The number of phenolic OH excluding ortho intramolecular Hbond substituents is 1. The van der Waals surface area contributed by atoms with Crippen molar-refractivity contribution in [1.82, 2.24) is 31.1 Å². The number of hydrogen-bond acceptors (Lipinski definition) is 14. The summed E-state index contributed by atoms with van der Waals surface area (Å²) in [6.07, 6.45) is 2.54. The first-order chi connectivity index (χ1) is 31.2. The lowest BCUT2D eigenvalue weighted by Gasteiger charge is -2.27. The predicted octanol–water partition coefficient (Wildman–Crippen LogP) is 0.429. The molecule has 0 saturated carbocycles. The van der Waals surface area contributed by atoms with Crippen LogP contribution in [0.3, 0.4) is 0 Å². The number of nitrogens with one attached hydrogen (secondary N) is 4. The Labute approximate surface area is 372 Å². The highest BCUT2D eigenvalue weighted by molar-refractivity contribution is 6.24. The zero-order chi connectivity index (χ0) is 46.6. The Morgan fingerprint density at radius 2 is 1.63 bits per heavy atom. The molecule has 2 aliphatic heterocycles. The number of allylic oxidation sites excluding steroid dienone is 1. The first kappa shape index (κ1) is 47.0. The summed E-state index contributed by atoms with van der Waals surface area (Å²) in [5.41, 5.74) is 7.71. The van der Waals surface area contributed by atoms with E-state index in [1.165, 1.54) is 42.3 Å². The molecule has 20 nitrogen and oxygen atoms in total. The van der Waals surface area contributed by atoms with Crippen molar-refractivity contribution in [3.63, 3.8) is 0 Å². The van der Waals surface area contributed by atoms with Gasteiger partial charge in [-0.25, -0.2) is 0 Å². The fraction of sp³-hybridized carbons (Fsp3) is 0.356. The Balaban J connectivity index is 0.803. The second kappa shape index (κ2) is 21.8. The van der Waals surface area contributed by atoms with Gasteiger partial charge in [0.1, 0.15) is 23.2 Å². The summed E-state index contributed by atoms with van der Waals surface area (Å²) in [7, 11) is 1.49. The molecule has 0 aromatic heterocycles. The molecular formula is C45H49N7O13. The van der Waals surface area contributed by atoms with Crippen molar-refractivity contribution >= 4 is 53.0 Å². The first-order valence-corrected chi connectivity index (χ1v) is 20.9. The van der Waals surface area contributed by atoms with Crippen LogP contribution in [0.5, 0.6) is 11.5 Å². The van der Waals surface area contributed by atoms with Crippen molar-refractivity contribution in [2.75, 3.05) is 59.7 Å². The molecule has 1 aliphatic carbocycles. The maximum atomic E-state index is 13.2. The maximum absolute atomic E-state index is 13.2. The van der Waals surface area contributed by atoms with E-state index in [1.54, 1.807) is 0 Å². The van der Waals surface area contributed by atoms with Gasteiger partial charge in [-0.2, -0.15) is 0 Å². The van der Waals surface area contributed by atoms with Crippen molar-refractivity contribution in [3.05, 3.63) is 106 Å². The number of phenols is 1. The minimum absolute atomic E-state index is 0.00198. The Hall–Kier alpha value is -7.45. The number of ketones is 1. The molecule has 2 heterocycles. The Kier molecular flexibility index (Phi) is 15.7. The highest BCUT2D eigenvalue weighted by Gasteiger charge is 2.46. The lowest BCUT2D eigenvalue weighted by Crippen LogP contribution is -2.54. The van der Waals surface area contributed by atoms with Gasteiger partial charge in [0, 0.05) is 51.2 Å². The second-order valence-electron chi connectivity index (χ2n) is 15.3. The molecule has 3 aromatic carbocycles. The average molecular weight is 896 g/mol. The molecule has 1 saturated heterocycles. The third-order valence-corrected chi connectivity index (χ3v) is 10.8. The quantitative estimate of drug-likeness (QED) is 0.0366. The van der Waals surface area contributed by atoms with Crippen LogP contribution in [0.15, 0.2) is 72.4 Å². The number of fused-ring (bicyclic) bond motifs is 2. The number of imide groups is 2. The number of likely N-dealkylation sites (N-methyl/N-ethyl adjacent to an activating group) is 1. The first-order valence-electron chi connectivity index (χ1n) is 20.9. The van der Waals surface area contributed by atoms with E-state index in [1.807, 2.05) is 24.3 Å². The molecule has 65 heavy (non-hydrogen) atoms. The van der Waals surface area contributed by atoms with Crippen LogP contribution in [0.1, 0.15) is 84.3 Å². The van der Waals surface area contributed by atoms with E-state index in [0.717, 1.165) is 41.0 Å². The van der Waals surface area contributed by atoms with Crippen LogP contribution in [0.4, 0.5) is 0 Å². The van der Waals surface area contributed by atoms with Crippen molar-refractivity contribution in [1.29, 1.82) is 0 Å². The SMILES string of the molecule is CN(CCNC(=O)CCOCCOCCNC(=O)COc1cccc2c1C(=O)N(C1CCC(=O)NC1=O)C2=O)C(=O)c1ccc(C(=O)C=C(N)C(=O)NC2CCc3ccccc32)cc1O. The molecule has 0 spiro atoms. The number of hydrogen-bond donors (Lipinski definition) is 6. The summed E-state index contributed by atoms with van der Waals surface area (Å²) >= 11 is 0. The third-order valence-electron chi connectivity index (χ3n) is 10.8. The lowest BCUT2D eigenvalue weighted by atomic mass is 10.0. The Morgan fingerprint density at radius 1 is 0.877 bits per heavy atom. The molecule has 3 aliphatic rings. The highest BCUT2D eigenvalue weighted by atomic mass is 16.5. The number of carbonyl (C=O) groups is 9. The fourth-order valence-corrected chi connectivity index (χ4v) is 7.41.